The first-order valence-corrected chi connectivity index (χ1v) is 6.73. The maximum Gasteiger partial charge on any atom is 0.120 e. The summed E-state index contributed by atoms with van der Waals surface area (Å²) in [5.74, 6) is 0.719. The monoisotopic (exact) mass is 286 g/mol. The van der Waals surface area contributed by atoms with E-state index in [4.69, 9.17) is 10.00 Å². The molecule has 3 nitrogen and oxygen atoms in total. The van der Waals surface area contributed by atoms with Crippen LogP contribution >= 0.6 is 0 Å². The van der Waals surface area contributed by atoms with Crippen LogP contribution in [0.5, 0.6) is 5.75 Å². The van der Waals surface area contributed by atoms with E-state index in [0.717, 1.165) is 16.9 Å². The zero-order chi connectivity index (χ0) is 15.8. The number of benzene rings is 2. The molecule has 0 atom stereocenters. The number of hydrogen-bond acceptors (Lipinski definition) is 3. The molecular weight excluding hydrogens is 272 g/mol. The van der Waals surface area contributed by atoms with Gasteiger partial charge in [0.1, 0.15) is 12.4 Å². The van der Waals surface area contributed by atoms with Crippen LogP contribution in [0.25, 0.3) is 11.6 Å². The van der Waals surface area contributed by atoms with Gasteiger partial charge in [0.25, 0.3) is 0 Å². The smallest absolute Gasteiger partial charge is 0.120 e. The molecule has 0 fully saturated rings. The second-order valence-corrected chi connectivity index (χ2v) is 4.53. The second kappa shape index (κ2) is 7.47. The Hall–Kier alpha value is -3.30. The second-order valence-electron chi connectivity index (χ2n) is 4.53. The summed E-state index contributed by atoms with van der Waals surface area (Å²) in [7, 11) is 0. The van der Waals surface area contributed by atoms with Crippen LogP contribution in [0.15, 0.2) is 61.2 Å². The quantitative estimate of drug-likeness (QED) is 0.470. The van der Waals surface area contributed by atoms with E-state index in [2.05, 4.69) is 18.7 Å². The van der Waals surface area contributed by atoms with E-state index in [1.54, 1.807) is 30.4 Å². The first-order chi connectivity index (χ1) is 10.8. The minimum absolute atomic E-state index is 0.433. The molecule has 0 radical (unpaired) electrons. The van der Waals surface area contributed by atoms with Crippen LogP contribution in [0.1, 0.15) is 16.7 Å². The maximum atomic E-state index is 9.37. The van der Waals surface area contributed by atoms with E-state index in [1.807, 2.05) is 30.3 Å². The van der Waals surface area contributed by atoms with Gasteiger partial charge in [-0.2, -0.15) is 10.5 Å². The van der Waals surface area contributed by atoms with E-state index >= 15 is 0 Å². The Labute approximate surface area is 130 Å². The fourth-order valence-electron chi connectivity index (χ4n) is 1.95. The lowest BCUT2D eigenvalue weighted by Gasteiger charge is -2.05. The summed E-state index contributed by atoms with van der Waals surface area (Å²) in [4.78, 5) is 0. The molecule has 0 aromatic heterocycles. The summed E-state index contributed by atoms with van der Waals surface area (Å²) in [5, 5.41) is 18.3. The molecule has 0 aliphatic heterocycles. The third-order valence-corrected chi connectivity index (χ3v) is 2.96. The van der Waals surface area contributed by atoms with Crippen molar-refractivity contribution in [2.75, 3.05) is 6.61 Å². The van der Waals surface area contributed by atoms with Crippen molar-refractivity contribution in [1.82, 2.24) is 0 Å². The van der Waals surface area contributed by atoms with Crippen molar-refractivity contribution in [3.63, 3.8) is 0 Å². The minimum atomic E-state index is 0.433. The van der Waals surface area contributed by atoms with Gasteiger partial charge >= 0.3 is 0 Å². The van der Waals surface area contributed by atoms with Gasteiger partial charge in [0, 0.05) is 0 Å². The Balaban J connectivity index is 2.34. The predicted molar refractivity (Wildman–Crippen MR) is 86.8 cm³/mol. The molecule has 0 unspecified atom stereocenters. The van der Waals surface area contributed by atoms with Gasteiger partial charge < -0.3 is 4.74 Å². The molecule has 2 aromatic rings. The number of hydrogen-bond donors (Lipinski definition) is 0. The van der Waals surface area contributed by atoms with Crippen LogP contribution in [0.3, 0.4) is 0 Å². The normalized spacial score (nSPS) is 10.4. The van der Waals surface area contributed by atoms with Crippen LogP contribution < -0.4 is 4.74 Å². The average Bonchev–Trinajstić information content (AvgIpc) is 2.58. The van der Waals surface area contributed by atoms with Gasteiger partial charge in [0.2, 0.25) is 0 Å². The lowest BCUT2D eigenvalue weighted by molar-refractivity contribution is 0.363. The summed E-state index contributed by atoms with van der Waals surface area (Å²) in [6.07, 6.45) is 3.45. The average molecular weight is 286 g/mol. The number of nitriles is 2. The van der Waals surface area contributed by atoms with Crippen molar-refractivity contribution in [3.8, 4) is 17.9 Å². The van der Waals surface area contributed by atoms with Crippen LogP contribution in [0.4, 0.5) is 0 Å². The summed E-state index contributed by atoms with van der Waals surface area (Å²) < 4.78 is 5.48. The molecular formula is C19H14N2O. The predicted octanol–water partition coefficient (Wildman–Crippen LogP) is 4.19. The standard InChI is InChI=1S/C19H14N2O/c1-2-9-22-19-8-4-5-15(12-19)10-18(14-21)17-7-3-6-16(11-17)13-20/h2-8,10-12H,1,9H2/b18-10+. The van der Waals surface area contributed by atoms with E-state index in [0.29, 0.717) is 17.7 Å². The third-order valence-electron chi connectivity index (χ3n) is 2.96. The van der Waals surface area contributed by atoms with Gasteiger partial charge in [-0.15, -0.1) is 0 Å². The van der Waals surface area contributed by atoms with Crippen molar-refractivity contribution < 1.29 is 4.74 Å². The minimum Gasteiger partial charge on any atom is -0.490 e. The van der Waals surface area contributed by atoms with Crippen LogP contribution in [0.2, 0.25) is 0 Å². The van der Waals surface area contributed by atoms with E-state index < -0.39 is 0 Å². The Morgan fingerprint density at radius 1 is 1.14 bits per heavy atom. The van der Waals surface area contributed by atoms with Gasteiger partial charge in [0.15, 0.2) is 0 Å². The molecule has 0 aliphatic carbocycles. The van der Waals surface area contributed by atoms with Crippen molar-refractivity contribution >= 4 is 11.6 Å². The van der Waals surface area contributed by atoms with Crippen molar-refractivity contribution in [2.24, 2.45) is 0 Å². The number of ether oxygens (including phenoxy) is 1. The highest BCUT2D eigenvalue weighted by Gasteiger charge is 2.03. The van der Waals surface area contributed by atoms with Crippen molar-refractivity contribution in [1.29, 1.82) is 10.5 Å². The molecule has 22 heavy (non-hydrogen) atoms. The topological polar surface area (TPSA) is 56.8 Å². The number of nitrogens with zero attached hydrogens (tertiary/aromatic N) is 2. The number of allylic oxidation sites excluding steroid dienone is 1. The highest BCUT2D eigenvalue weighted by Crippen LogP contribution is 2.21. The van der Waals surface area contributed by atoms with E-state index in [1.165, 1.54) is 0 Å². The number of rotatable bonds is 5. The fraction of sp³-hybridized carbons (Fsp3) is 0.0526. The zero-order valence-electron chi connectivity index (χ0n) is 12.0. The lowest BCUT2D eigenvalue weighted by Crippen LogP contribution is -1.92. The highest BCUT2D eigenvalue weighted by molar-refractivity contribution is 5.90. The Kier molecular flexibility index (Phi) is 5.13. The van der Waals surface area contributed by atoms with Crippen LogP contribution in [-0.4, -0.2) is 6.61 Å². The lowest BCUT2D eigenvalue weighted by atomic mass is 10.0. The SMILES string of the molecule is C=CCOc1cccc(/C=C(\C#N)c2cccc(C#N)c2)c1. The summed E-state index contributed by atoms with van der Waals surface area (Å²) in [6.45, 7) is 4.04. The molecule has 0 spiro atoms. The molecule has 2 rings (SSSR count). The molecule has 0 N–H and O–H groups in total. The molecule has 0 aliphatic rings. The molecule has 0 bridgehead atoms. The molecule has 106 valence electrons. The van der Waals surface area contributed by atoms with E-state index in [9.17, 15) is 5.26 Å². The third kappa shape index (κ3) is 3.85. The molecule has 0 saturated heterocycles. The molecule has 0 amide bonds. The van der Waals surface area contributed by atoms with Gasteiger partial charge in [-0.1, -0.05) is 36.9 Å². The Morgan fingerprint density at radius 3 is 2.68 bits per heavy atom. The first kappa shape index (κ1) is 15.1. The Bertz CT molecular complexity index is 792. The zero-order valence-corrected chi connectivity index (χ0v) is 12.0. The molecule has 0 heterocycles. The van der Waals surface area contributed by atoms with Gasteiger partial charge in [0.05, 0.1) is 23.3 Å². The van der Waals surface area contributed by atoms with Gasteiger partial charge in [-0.25, -0.2) is 0 Å². The molecule has 3 heteroatoms. The highest BCUT2D eigenvalue weighted by atomic mass is 16.5. The summed E-state index contributed by atoms with van der Waals surface area (Å²) in [5.41, 5.74) is 2.61. The van der Waals surface area contributed by atoms with Crippen molar-refractivity contribution in [2.45, 2.75) is 0 Å². The summed E-state index contributed by atoms with van der Waals surface area (Å²) >= 11 is 0. The largest absolute Gasteiger partial charge is 0.490 e. The van der Waals surface area contributed by atoms with Crippen LogP contribution in [-0.2, 0) is 0 Å². The van der Waals surface area contributed by atoms with Crippen molar-refractivity contribution in [3.05, 3.63) is 77.9 Å². The fourth-order valence-corrected chi connectivity index (χ4v) is 1.95. The van der Waals surface area contributed by atoms with Crippen LogP contribution in [0, 0.1) is 22.7 Å². The van der Waals surface area contributed by atoms with Gasteiger partial charge in [-0.3, -0.25) is 0 Å². The summed E-state index contributed by atoms with van der Waals surface area (Å²) in [6, 6.07) is 18.7. The maximum absolute atomic E-state index is 9.37. The Morgan fingerprint density at radius 2 is 1.95 bits per heavy atom. The molecule has 2 aromatic carbocycles. The first-order valence-electron chi connectivity index (χ1n) is 6.73. The molecule has 0 saturated carbocycles. The van der Waals surface area contributed by atoms with E-state index in [-0.39, 0.29) is 0 Å². The van der Waals surface area contributed by atoms with Gasteiger partial charge in [-0.05, 0) is 41.5 Å².